The van der Waals surface area contributed by atoms with Crippen molar-refractivity contribution in [2.24, 2.45) is 0 Å². The van der Waals surface area contributed by atoms with Gasteiger partial charge in [-0.25, -0.2) is 19.9 Å². The molecule has 0 fully saturated rings. The van der Waals surface area contributed by atoms with Crippen molar-refractivity contribution >= 4 is 122 Å². The van der Waals surface area contributed by atoms with E-state index in [0.29, 0.717) is 14.6 Å². The first-order valence-electron chi connectivity index (χ1n) is 14.2. The Bertz CT molecular complexity index is 2640. The van der Waals surface area contributed by atoms with Crippen LogP contribution in [0.5, 0.6) is 0 Å². The minimum Gasteiger partial charge on any atom is -0.452 e. The topological polar surface area (TPSA) is 64.7 Å². The molecule has 6 aromatic heterocycles. The Morgan fingerprint density at radius 3 is 1.98 bits per heavy atom. The Morgan fingerprint density at radius 1 is 0.617 bits per heavy atom. The van der Waals surface area contributed by atoms with Gasteiger partial charge < -0.3 is 4.42 Å². The largest absolute Gasteiger partial charge is 0.452 e. The fourth-order valence-electron chi connectivity index (χ4n) is 5.65. The highest BCUT2D eigenvalue weighted by molar-refractivity contribution is 7.27. The van der Waals surface area contributed by atoms with E-state index >= 15 is 0 Å². The van der Waals surface area contributed by atoms with Crippen LogP contribution in [0.25, 0.3) is 83.4 Å². The first-order valence-corrected chi connectivity index (χ1v) is 19.4. The standard InChI is InChI=1S/C34H17Cl3N4OS5/c1-14-3-6-19(28-24(14)39-34(47-28)33-38-9-10-43-33)18-7-8-20(29-26(18)41-32(46-29)22-12-21(35)30(37)44-22)17-5-4-15(2)27-25(17)40-31(45-27)16-11-23(36)42-13-16/h3-13H,1-2H3. The molecule has 3 aromatic carbocycles. The lowest BCUT2D eigenvalue weighted by molar-refractivity contribution is 0.570. The van der Waals surface area contributed by atoms with E-state index in [-0.39, 0.29) is 0 Å². The maximum absolute atomic E-state index is 6.42. The van der Waals surface area contributed by atoms with Crippen LogP contribution in [0.15, 0.2) is 70.8 Å². The van der Waals surface area contributed by atoms with Crippen LogP contribution in [0.3, 0.4) is 0 Å². The predicted molar refractivity (Wildman–Crippen MR) is 203 cm³/mol. The normalized spacial score (nSPS) is 11.9. The molecule has 13 heteroatoms. The second-order valence-electron chi connectivity index (χ2n) is 10.8. The molecule has 0 radical (unpaired) electrons. The third-order valence-corrected chi connectivity index (χ3v) is 14.5. The molecule has 0 bridgehead atoms. The summed E-state index contributed by atoms with van der Waals surface area (Å²) in [5.41, 5.74) is 10.2. The van der Waals surface area contributed by atoms with E-state index in [9.17, 15) is 0 Å². The van der Waals surface area contributed by atoms with Gasteiger partial charge in [-0.15, -0.1) is 56.7 Å². The zero-order valence-corrected chi connectivity index (χ0v) is 30.6. The number of aromatic nitrogens is 4. The molecular formula is C34H17Cl3N4OS5. The summed E-state index contributed by atoms with van der Waals surface area (Å²) in [6, 6.07) is 16.7. The SMILES string of the molecule is Cc1ccc(-c2ccc(-c3ccc(C)c4sc(-c5coc(Cl)c5)nc34)c3sc(-c4cc(Cl)c(Cl)s4)nc23)c2sc(-c3nccs3)nc12. The lowest BCUT2D eigenvalue weighted by Crippen LogP contribution is -1.88. The molecule has 9 rings (SSSR count). The summed E-state index contributed by atoms with van der Waals surface area (Å²) in [5, 5.41) is 6.40. The molecular weight excluding hydrogens is 747 g/mol. The minimum atomic E-state index is 0.337. The highest BCUT2D eigenvalue weighted by Gasteiger charge is 2.23. The van der Waals surface area contributed by atoms with Gasteiger partial charge >= 0.3 is 0 Å². The molecule has 0 aliphatic heterocycles. The molecule has 0 aliphatic carbocycles. The summed E-state index contributed by atoms with van der Waals surface area (Å²) in [7, 11) is 0. The number of thiophene rings is 1. The molecule has 6 heterocycles. The number of hydrogen-bond donors (Lipinski definition) is 0. The van der Waals surface area contributed by atoms with Gasteiger partial charge in [0.1, 0.15) is 20.6 Å². The summed E-state index contributed by atoms with van der Waals surface area (Å²) >= 11 is 26.9. The lowest BCUT2D eigenvalue weighted by Gasteiger charge is -2.10. The number of fused-ring (bicyclic) bond motifs is 3. The monoisotopic (exact) mass is 762 g/mol. The number of nitrogens with zero attached hydrogens (tertiary/aromatic N) is 4. The summed E-state index contributed by atoms with van der Waals surface area (Å²) < 4.78 is 9.23. The highest BCUT2D eigenvalue weighted by Crippen LogP contribution is 2.49. The van der Waals surface area contributed by atoms with Crippen LogP contribution in [0.2, 0.25) is 14.6 Å². The molecule has 0 spiro atoms. The first-order chi connectivity index (χ1) is 22.8. The predicted octanol–water partition coefficient (Wildman–Crippen LogP) is 13.5. The average molecular weight is 764 g/mol. The third kappa shape index (κ3) is 4.97. The highest BCUT2D eigenvalue weighted by atomic mass is 35.5. The summed E-state index contributed by atoms with van der Waals surface area (Å²) in [6.45, 7) is 4.21. The van der Waals surface area contributed by atoms with Crippen molar-refractivity contribution in [3.05, 3.63) is 92.1 Å². The van der Waals surface area contributed by atoms with Crippen molar-refractivity contribution in [2.75, 3.05) is 0 Å². The van der Waals surface area contributed by atoms with Crippen molar-refractivity contribution in [3.63, 3.8) is 0 Å². The number of aryl methyl sites for hydroxylation is 2. The second kappa shape index (κ2) is 11.5. The van der Waals surface area contributed by atoms with Gasteiger partial charge in [0.15, 0.2) is 15.2 Å². The Morgan fingerprint density at radius 2 is 1.26 bits per heavy atom. The van der Waals surface area contributed by atoms with Crippen LogP contribution in [-0.2, 0) is 0 Å². The molecule has 0 amide bonds. The van der Waals surface area contributed by atoms with Crippen molar-refractivity contribution in [1.29, 1.82) is 0 Å². The van der Waals surface area contributed by atoms with E-state index in [1.54, 1.807) is 57.7 Å². The van der Waals surface area contributed by atoms with E-state index in [0.717, 1.165) is 94.5 Å². The van der Waals surface area contributed by atoms with E-state index in [1.807, 2.05) is 17.6 Å². The van der Waals surface area contributed by atoms with E-state index in [2.05, 4.69) is 55.2 Å². The average Bonchev–Trinajstić information content (AvgIpc) is 3.89. The number of hydrogen-bond acceptors (Lipinski definition) is 10. The van der Waals surface area contributed by atoms with Gasteiger partial charge in [-0.2, -0.15) is 0 Å². The molecule has 0 saturated heterocycles. The number of thiazole rings is 4. The molecule has 0 atom stereocenters. The lowest BCUT2D eigenvalue weighted by atomic mass is 9.97. The molecule has 47 heavy (non-hydrogen) atoms. The van der Waals surface area contributed by atoms with Crippen LogP contribution >= 0.6 is 91.5 Å². The number of furan rings is 1. The van der Waals surface area contributed by atoms with Gasteiger partial charge in [0.25, 0.3) is 0 Å². The van der Waals surface area contributed by atoms with Crippen molar-refractivity contribution in [2.45, 2.75) is 13.8 Å². The number of rotatable bonds is 5. The fraction of sp³-hybridized carbons (Fsp3) is 0.0588. The molecule has 9 aromatic rings. The van der Waals surface area contributed by atoms with Crippen LogP contribution in [0.1, 0.15) is 11.1 Å². The summed E-state index contributed by atoms with van der Waals surface area (Å²) in [4.78, 5) is 20.9. The van der Waals surface area contributed by atoms with E-state index < -0.39 is 0 Å². The molecule has 0 saturated carbocycles. The third-order valence-electron chi connectivity index (χ3n) is 7.90. The smallest absolute Gasteiger partial charge is 0.193 e. The van der Waals surface area contributed by atoms with Crippen molar-refractivity contribution in [1.82, 2.24) is 19.9 Å². The number of benzene rings is 3. The Balaban J connectivity index is 1.30. The maximum Gasteiger partial charge on any atom is 0.193 e. The van der Waals surface area contributed by atoms with Gasteiger partial charge in [0.05, 0.1) is 46.1 Å². The zero-order chi connectivity index (χ0) is 32.0. The van der Waals surface area contributed by atoms with Gasteiger partial charge in [0.2, 0.25) is 0 Å². The minimum absolute atomic E-state index is 0.337. The van der Waals surface area contributed by atoms with Gasteiger partial charge in [-0.3, -0.25) is 0 Å². The summed E-state index contributed by atoms with van der Waals surface area (Å²) in [5.74, 6) is 0. The van der Waals surface area contributed by atoms with Crippen molar-refractivity contribution < 1.29 is 4.42 Å². The van der Waals surface area contributed by atoms with Crippen LogP contribution in [-0.4, -0.2) is 19.9 Å². The number of halogens is 3. The first kappa shape index (κ1) is 29.9. The Hall–Kier alpha value is -3.19. The van der Waals surface area contributed by atoms with E-state index in [1.165, 1.54) is 11.3 Å². The van der Waals surface area contributed by atoms with Crippen LogP contribution in [0, 0.1) is 13.8 Å². The molecule has 0 aliphatic rings. The van der Waals surface area contributed by atoms with Gasteiger partial charge in [0, 0.05) is 39.9 Å². The Kier molecular flexibility index (Phi) is 7.29. The van der Waals surface area contributed by atoms with Crippen LogP contribution in [0.4, 0.5) is 0 Å². The summed E-state index contributed by atoms with van der Waals surface area (Å²) in [6.07, 6.45) is 3.47. The molecule has 5 nitrogen and oxygen atoms in total. The molecule has 0 unspecified atom stereocenters. The van der Waals surface area contributed by atoms with Crippen LogP contribution < -0.4 is 0 Å². The molecule has 0 N–H and O–H groups in total. The quantitative estimate of drug-likeness (QED) is 0.175. The molecule has 230 valence electrons. The Labute approximate surface area is 302 Å². The van der Waals surface area contributed by atoms with E-state index in [4.69, 9.17) is 54.2 Å². The van der Waals surface area contributed by atoms with Crippen molar-refractivity contribution in [3.8, 4) is 52.7 Å². The zero-order valence-electron chi connectivity index (χ0n) is 24.2. The van der Waals surface area contributed by atoms with Gasteiger partial charge in [-0.05, 0) is 42.6 Å². The van der Waals surface area contributed by atoms with Gasteiger partial charge in [-0.1, -0.05) is 59.6 Å². The maximum atomic E-state index is 6.42. The fourth-order valence-corrected chi connectivity index (χ4v) is 11.2. The second-order valence-corrected chi connectivity index (χ2v) is 17.1.